The molecular formula is C48H44N8Ni. The van der Waals surface area contributed by atoms with Crippen molar-refractivity contribution in [1.82, 2.24) is 39.9 Å². The van der Waals surface area contributed by atoms with Crippen molar-refractivity contribution >= 4 is 22.6 Å². The molecule has 57 heavy (non-hydrogen) atoms. The third-order valence-electron chi connectivity index (χ3n) is 12.7. The van der Waals surface area contributed by atoms with Gasteiger partial charge in [-0.25, -0.2) is 0 Å². The molecule has 0 fully saturated rings. The Morgan fingerprint density at radius 2 is 0.491 bits per heavy atom. The molecule has 0 saturated carbocycles. The summed E-state index contributed by atoms with van der Waals surface area (Å²) in [5.41, 5.74) is 7.64. The Balaban J connectivity index is 0.00000455. The monoisotopic (exact) mass is 790 g/mol. The molecule has 0 amide bonds. The summed E-state index contributed by atoms with van der Waals surface area (Å²) in [6, 6.07) is 41.3. The van der Waals surface area contributed by atoms with E-state index in [0.717, 1.165) is 44.5 Å². The van der Waals surface area contributed by atoms with Crippen molar-refractivity contribution in [3.63, 3.8) is 0 Å². The van der Waals surface area contributed by atoms with Gasteiger partial charge in [0, 0.05) is 66.5 Å². The molecule has 3 aromatic heterocycles. The molecule has 0 spiro atoms. The second kappa shape index (κ2) is 13.7. The van der Waals surface area contributed by atoms with Crippen LogP contribution < -0.4 is 9.97 Å². The minimum Gasteiger partial charge on any atom is -0.357 e. The van der Waals surface area contributed by atoms with Gasteiger partial charge in [-0.15, -0.1) is 0 Å². The molecule has 9 heteroatoms. The Labute approximate surface area is 343 Å². The minimum absolute atomic E-state index is 0. The van der Waals surface area contributed by atoms with Crippen LogP contribution in [0.1, 0.15) is 78.7 Å². The molecule has 0 radical (unpaired) electrons. The van der Waals surface area contributed by atoms with Gasteiger partial charge >= 0.3 is 16.5 Å². The summed E-state index contributed by atoms with van der Waals surface area (Å²) in [4.78, 5) is 42.7. The van der Waals surface area contributed by atoms with Gasteiger partial charge in [0.05, 0.1) is 23.3 Å². The fourth-order valence-electron chi connectivity index (χ4n) is 7.65. The molecule has 0 unspecified atom stereocenters. The predicted octanol–water partition coefficient (Wildman–Crippen LogP) is 10.3. The van der Waals surface area contributed by atoms with Gasteiger partial charge in [0.15, 0.2) is 0 Å². The molecule has 0 aliphatic carbocycles. The van der Waals surface area contributed by atoms with Crippen molar-refractivity contribution in [3.8, 4) is 44.5 Å². The van der Waals surface area contributed by atoms with Gasteiger partial charge in [0.1, 0.15) is 0 Å². The van der Waals surface area contributed by atoms with Crippen molar-refractivity contribution in [2.75, 3.05) is 0 Å². The van der Waals surface area contributed by atoms with Gasteiger partial charge in [0.2, 0.25) is 0 Å². The summed E-state index contributed by atoms with van der Waals surface area (Å²) in [5.74, 6) is 2.58. The third kappa shape index (κ3) is 5.94. The van der Waals surface area contributed by atoms with E-state index in [4.69, 9.17) is 39.9 Å². The molecule has 2 aliphatic rings. The maximum atomic E-state index is 5.39. The van der Waals surface area contributed by atoms with Crippen LogP contribution in [0.5, 0.6) is 0 Å². The summed E-state index contributed by atoms with van der Waals surface area (Å²) < 4.78 is 0. The first-order valence-corrected chi connectivity index (χ1v) is 19.2. The van der Waals surface area contributed by atoms with Crippen LogP contribution in [0.2, 0.25) is 0 Å². The SMILES string of the molecule is CC1(C)c2nc(nc3[n-]c(nc4nc(nc5[n-]c(n2)c(-c2ccccc2)c5-c2ccccc2)C(C)(C)C4(C)C)c(-c2ccccc2)c3-c2ccccc2)C1(C)C.[Ni+2]. The Hall–Kier alpha value is -5.79. The molecule has 8 bridgehead atoms. The quantitative estimate of drug-likeness (QED) is 0.162. The molecule has 5 heterocycles. The van der Waals surface area contributed by atoms with E-state index < -0.39 is 21.7 Å². The van der Waals surface area contributed by atoms with Crippen molar-refractivity contribution in [1.29, 1.82) is 0 Å². The molecule has 4 aromatic carbocycles. The van der Waals surface area contributed by atoms with E-state index in [9.17, 15) is 0 Å². The minimum atomic E-state index is -0.531. The maximum Gasteiger partial charge on any atom is 2.00 e. The van der Waals surface area contributed by atoms with Crippen molar-refractivity contribution in [3.05, 3.63) is 145 Å². The zero-order valence-electron chi connectivity index (χ0n) is 33.4. The fraction of sp³-hybridized carbons (Fsp3) is 0.250. The van der Waals surface area contributed by atoms with Gasteiger partial charge in [-0.2, -0.15) is 0 Å². The molecule has 9 rings (SSSR count). The smallest absolute Gasteiger partial charge is 0.357 e. The first kappa shape index (κ1) is 38.1. The number of hydrogen-bond donors (Lipinski definition) is 0. The van der Waals surface area contributed by atoms with Crippen LogP contribution in [-0.4, -0.2) is 29.9 Å². The Morgan fingerprint density at radius 3 is 0.684 bits per heavy atom. The van der Waals surface area contributed by atoms with Crippen LogP contribution in [-0.2, 0) is 38.2 Å². The number of nitrogens with zero attached hydrogens (tertiary/aromatic N) is 8. The number of hydrogen-bond acceptors (Lipinski definition) is 6. The molecule has 286 valence electrons. The summed E-state index contributed by atoms with van der Waals surface area (Å²) in [6.45, 7) is 17.5. The van der Waals surface area contributed by atoms with Gasteiger partial charge in [0.25, 0.3) is 0 Å². The van der Waals surface area contributed by atoms with Gasteiger partial charge < -0.3 is 29.9 Å². The van der Waals surface area contributed by atoms with Crippen LogP contribution in [0.3, 0.4) is 0 Å². The van der Waals surface area contributed by atoms with E-state index >= 15 is 0 Å². The first-order valence-electron chi connectivity index (χ1n) is 19.2. The number of fused-ring (bicyclic) bond motifs is 8. The van der Waals surface area contributed by atoms with Crippen molar-refractivity contribution in [2.24, 2.45) is 0 Å². The van der Waals surface area contributed by atoms with Gasteiger partial charge in [-0.3, -0.25) is 9.97 Å². The normalized spacial score (nSPS) is 16.1. The van der Waals surface area contributed by atoms with E-state index in [1.165, 1.54) is 0 Å². The Morgan fingerprint density at radius 1 is 0.298 bits per heavy atom. The molecule has 0 N–H and O–H groups in total. The second-order valence-electron chi connectivity index (χ2n) is 16.9. The summed E-state index contributed by atoms with van der Waals surface area (Å²) in [6.07, 6.45) is 0. The zero-order valence-corrected chi connectivity index (χ0v) is 34.4. The Kier molecular flexibility index (Phi) is 9.16. The topological polar surface area (TPSA) is 106 Å². The molecule has 8 nitrogen and oxygen atoms in total. The van der Waals surface area contributed by atoms with Crippen LogP contribution >= 0.6 is 0 Å². The van der Waals surface area contributed by atoms with Crippen LogP contribution in [0.15, 0.2) is 121 Å². The Bertz CT molecular complexity index is 2410. The summed E-state index contributed by atoms with van der Waals surface area (Å²) in [5, 5.41) is 0. The first-order chi connectivity index (χ1) is 26.8. The van der Waals surface area contributed by atoms with E-state index in [0.29, 0.717) is 45.9 Å². The van der Waals surface area contributed by atoms with Crippen LogP contribution in [0.25, 0.3) is 67.1 Å². The molecular weight excluding hydrogens is 747 g/mol. The van der Waals surface area contributed by atoms with Gasteiger partial charge in [-0.05, 0) is 22.3 Å². The third-order valence-corrected chi connectivity index (χ3v) is 12.7. The second-order valence-corrected chi connectivity index (χ2v) is 16.9. The molecule has 2 aliphatic heterocycles. The fourth-order valence-corrected chi connectivity index (χ4v) is 7.65. The summed E-state index contributed by atoms with van der Waals surface area (Å²) >= 11 is 0. The largest absolute Gasteiger partial charge is 2.00 e. The average molecular weight is 792 g/mol. The molecule has 7 aromatic rings. The van der Waals surface area contributed by atoms with E-state index in [-0.39, 0.29) is 16.5 Å². The predicted molar refractivity (Wildman–Crippen MR) is 224 cm³/mol. The summed E-state index contributed by atoms with van der Waals surface area (Å²) in [7, 11) is 0. The van der Waals surface area contributed by atoms with Crippen LogP contribution in [0.4, 0.5) is 0 Å². The van der Waals surface area contributed by atoms with E-state index in [1.54, 1.807) is 0 Å². The average Bonchev–Trinajstić information content (AvgIpc) is 3.83. The number of rotatable bonds is 4. The van der Waals surface area contributed by atoms with Gasteiger partial charge in [-0.1, -0.05) is 177 Å². The zero-order chi connectivity index (χ0) is 39.0. The van der Waals surface area contributed by atoms with Crippen LogP contribution in [0, 0.1) is 0 Å². The van der Waals surface area contributed by atoms with E-state index in [1.807, 2.05) is 72.8 Å². The van der Waals surface area contributed by atoms with E-state index in [2.05, 4.69) is 104 Å². The standard InChI is InChI=1S/C48H44N8.Ni/c1-45(2)41-51-37-33(29-21-13-9-14-22-29)34(30-23-15-10-16-24-30)39(49-37)53-43-47(5,6)48(7,8)44(56-43)54-40-36(32-27-19-12-20-28-32)35(31-25-17-11-18-26-31)38(50-40)52-42(55-41)46(45,3)4;/h9-28H,1-8H3;/q-2;+2. The number of aromatic nitrogens is 8. The molecule has 0 saturated heterocycles. The maximum absolute atomic E-state index is 5.39. The van der Waals surface area contributed by atoms with Crippen molar-refractivity contribution in [2.45, 2.75) is 77.0 Å². The van der Waals surface area contributed by atoms with Crippen molar-refractivity contribution < 1.29 is 16.5 Å². The molecule has 0 atom stereocenters. The number of benzene rings is 4.